The minimum atomic E-state index is 0.283. The maximum atomic E-state index is 6.41. The molecule has 1 aliphatic heterocycles. The third-order valence-electron chi connectivity index (χ3n) is 4.10. The fourth-order valence-corrected chi connectivity index (χ4v) is 3.34. The Balaban J connectivity index is 2.14. The standard InChI is InChI=1S/C16H20ClN3O/c1-21-12-5-8-20(10-12)16-11(4-6-18)9-14(17)13-3-2-7-19-15(13)16/h2-3,7,9,12H,4-6,8,10,18H2,1H3. The molecule has 1 saturated heterocycles. The number of fused-ring (bicyclic) bond motifs is 1. The Bertz CT molecular complexity index is 647. The number of halogens is 1. The van der Waals surface area contributed by atoms with Crippen LogP contribution in [0.2, 0.25) is 5.02 Å². The molecule has 112 valence electrons. The molecule has 0 saturated carbocycles. The zero-order valence-electron chi connectivity index (χ0n) is 12.2. The van der Waals surface area contributed by atoms with E-state index in [9.17, 15) is 0 Å². The Morgan fingerprint density at radius 2 is 2.38 bits per heavy atom. The molecule has 3 rings (SSSR count). The predicted molar refractivity (Wildman–Crippen MR) is 87.1 cm³/mol. The van der Waals surface area contributed by atoms with Crippen molar-refractivity contribution in [3.63, 3.8) is 0 Å². The minimum absolute atomic E-state index is 0.283. The summed E-state index contributed by atoms with van der Waals surface area (Å²) in [4.78, 5) is 6.92. The first-order chi connectivity index (χ1) is 10.2. The number of nitrogens with zero attached hydrogens (tertiary/aromatic N) is 2. The Labute approximate surface area is 129 Å². The van der Waals surface area contributed by atoms with Gasteiger partial charge in [-0.05, 0) is 43.1 Å². The van der Waals surface area contributed by atoms with Gasteiger partial charge < -0.3 is 15.4 Å². The Hall–Kier alpha value is -1.36. The van der Waals surface area contributed by atoms with Gasteiger partial charge in [0.05, 0.1) is 22.3 Å². The summed E-state index contributed by atoms with van der Waals surface area (Å²) in [7, 11) is 1.77. The van der Waals surface area contributed by atoms with E-state index in [0.29, 0.717) is 6.54 Å². The number of rotatable bonds is 4. The smallest absolute Gasteiger partial charge is 0.0953 e. The molecule has 0 aliphatic carbocycles. The third-order valence-corrected chi connectivity index (χ3v) is 4.42. The number of hydrogen-bond acceptors (Lipinski definition) is 4. The first kappa shape index (κ1) is 14.6. The molecule has 1 aromatic heterocycles. The molecular weight excluding hydrogens is 286 g/mol. The number of methoxy groups -OCH3 is 1. The van der Waals surface area contributed by atoms with E-state index in [4.69, 9.17) is 22.1 Å². The lowest BCUT2D eigenvalue weighted by molar-refractivity contribution is 0.121. The van der Waals surface area contributed by atoms with Crippen LogP contribution >= 0.6 is 11.6 Å². The Kier molecular flexibility index (Phi) is 4.29. The first-order valence-electron chi connectivity index (χ1n) is 7.28. The van der Waals surface area contributed by atoms with Crippen LogP contribution in [0, 0.1) is 0 Å². The van der Waals surface area contributed by atoms with Gasteiger partial charge >= 0.3 is 0 Å². The molecule has 0 radical (unpaired) electrons. The van der Waals surface area contributed by atoms with Crippen molar-refractivity contribution in [1.82, 2.24) is 4.98 Å². The van der Waals surface area contributed by atoms with Gasteiger partial charge in [-0.15, -0.1) is 0 Å². The van der Waals surface area contributed by atoms with Gasteiger partial charge in [-0.1, -0.05) is 11.6 Å². The number of nitrogens with two attached hydrogens (primary N) is 1. The van der Waals surface area contributed by atoms with E-state index < -0.39 is 0 Å². The van der Waals surface area contributed by atoms with Crippen molar-refractivity contribution >= 4 is 28.2 Å². The summed E-state index contributed by atoms with van der Waals surface area (Å²) in [6, 6.07) is 5.97. The molecule has 1 fully saturated rings. The van der Waals surface area contributed by atoms with Crippen molar-refractivity contribution in [2.75, 3.05) is 31.6 Å². The summed E-state index contributed by atoms with van der Waals surface area (Å²) in [6.45, 7) is 2.47. The second-order valence-electron chi connectivity index (χ2n) is 5.40. The van der Waals surface area contributed by atoms with Crippen molar-refractivity contribution in [2.45, 2.75) is 18.9 Å². The predicted octanol–water partition coefficient (Wildman–Crippen LogP) is 2.61. The molecule has 1 aliphatic rings. The number of aromatic nitrogens is 1. The van der Waals surface area contributed by atoms with Crippen LogP contribution in [0.1, 0.15) is 12.0 Å². The molecule has 0 spiro atoms. The van der Waals surface area contributed by atoms with Crippen LogP contribution in [0.15, 0.2) is 24.4 Å². The molecule has 21 heavy (non-hydrogen) atoms. The third kappa shape index (κ3) is 2.71. The van der Waals surface area contributed by atoms with Gasteiger partial charge in [-0.3, -0.25) is 4.98 Å². The Morgan fingerprint density at radius 1 is 1.52 bits per heavy atom. The second-order valence-corrected chi connectivity index (χ2v) is 5.80. The zero-order valence-corrected chi connectivity index (χ0v) is 12.9. The first-order valence-corrected chi connectivity index (χ1v) is 7.66. The van der Waals surface area contributed by atoms with Gasteiger partial charge in [0, 0.05) is 31.8 Å². The van der Waals surface area contributed by atoms with Crippen LogP contribution < -0.4 is 10.6 Å². The highest BCUT2D eigenvalue weighted by atomic mass is 35.5. The topological polar surface area (TPSA) is 51.4 Å². The van der Waals surface area contributed by atoms with E-state index in [1.54, 1.807) is 7.11 Å². The highest BCUT2D eigenvalue weighted by molar-refractivity contribution is 6.36. The number of ether oxygens (including phenoxy) is 1. The number of benzene rings is 1. The zero-order chi connectivity index (χ0) is 14.8. The molecule has 1 unspecified atom stereocenters. The molecule has 2 heterocycles. The van der Waals surface area contributed by atoms with E-state index in [2.05, 4.69) is 9.88 Å². The molecule has 0 bridgehead atoms. The molecule has 1 atom stereocenters. The number of anilines is 1. The summed E-state index contributed by atoms with van der Waals surface area (Å²) >= 11 is 6.41. The molecule has 2 aromatic rings. The molecule has 5 heteroatoms. The van der Waals surface area contributed by atoms with Crippen molar-refractivity contribution in [3.05, 3.63) is 35.0 Å². The number of pyridine rings is 1. The second kappa shape index (κ2) is 6.18. The van der Waals surface area contributed by atoms with Crippen LogP contribution in [0.4, 0.5) is 5.69 Å². The van der Waals surface area contributed by atoms with Gasteiger partial charge in [-0.2, -0.15) is 0 Å². The van der Waals surface area contributed by atoms with Gasteiger partial charge in [0.15, 0.2) is 0 Å². The SMILES string of the molecule is COC1CCN(c2c(CCN)cc(Cl)c3cccnc23)C1. The van der Waals surface area contributed by atoms with E-state index >= 15 is 0 Å². The lowest BCUT2D eigenvalue weighted by atomic mass is 10.0. The van der Waals surface area contributed by atoms with E-state index in [1.165, 1.54) is 11.3 Å². The lowest BCUT2D eigenvalue weighted by Gasteiger charge is -2.24. The van der Waals surface area contributed by atoms with E-state index in [0.717, 1.165) is 41.9 Å². The fraction of sp³-hybridized carbons (Fsp3) is 0.438. The minimum Gasteiger partial charge on any atom is -0.380 e. The summed E-state index contributed by atoms with van der Waals surface area (Å²) in [5.74, 6) is 0. The van der Waals surface area contributed by atoms with Crippen molar-refractivity contribution in [2.24, 2.45) is 5.73 Å². The fourth-order valence-electron chi connectivity index (χ4n) is 3.06. The van der Waals surface area contributed by atoms with Gasteiger partial charge in [0.1, 0.15) is 0 Å². The highest BCUT2D eigenvalue weighted by Crippen LogP contribution is 2.36. The van der Waals surface area contributed by atoms with Gasteiger partial charge in [0.25, 0.3) is 0 Å². The lowest BCUT2D eigenvalue weighted by Crippen LogP contribution is -2.24. The average Bonchev–Trinajstić information content (AvgIpc) is 2.96. The van der Waals surface area contributed by atoms with Crippen LogP contribution in [0.5, 0.6) is 0 Å². The highest BCUT2D eigenvalue weighted by Gasteiger charge is 2.26. The van der Waals surface area contributed by atoms with E-state index in [1.807, 2.05) is 24.4 Å². The molecular formula is C16H20ClN3O. The maximum absolute atomic E-state index is 6.41. The van der Waals surface area contributed by atoms with Crippen LogP contribution in [0.25, 0.3) is 10.9 Å². The average molecular weight is 306 g/mol. The summed E-state index contributed by atoms with van der Waals surface area (Å²) < 4.78 is 5.49. The summed E-state index contributed by atoms with van der Waals surface area (Å²) in [5, 5.41) is 1.74. The Morgan fingerprint density at radius 3 is 3.10 bits per heavy atom. The maximum Gasteiger partial charge on any atom is 0.0953 e. The van der Waals surface area contributed by atoms with Crippen molar-refractivity contribution in [1.29, 1.82) is 0 Å². The van der Waals surface area contributed by atoms with E-state index in [-0.39, 0.29) is 6.10 Å². The van der Waals surface area contributed by atoms with Gasteiger partial charge in [0.2, 0.25) is 0 Å². The van der Waals surface area contributed by atoms with Gasteiger partial charge in [-0.25, -0.2) is 0 Å². The summed E-state index contributed by atoms with van der Waals surface area (Å²) in [5.41, 5.74) is 9.07. The molecule has 4 nitrogen and oxygen atoms in total. The van der Waals surface area contributed by atoms with Crippen LogP contribution in [-0.4, -0.2) is 37.8 Å². The largest absolute Gasteiger partial charge is 0.380 e. The summed E-state index contributed by atoms with van der Waals surface area (Å²) in [6.07, 6.45) is 3.94. The normalized spacial score (nSPS) is 18.6. The van der Waals surface area contributed by atoms with Crippen LogP contribution in [-0.2, 0) is 11.2 Å². The molecule has 2 N–H and O–H groups in total. The number of hydrogen-bond donors (Lipinski definition) is 1. The monoisotopic (exact) mass is 305 g/mol. The van der Waals surface area contributed by atoms with Crippen LogP contribution in [0.3, 0.4) is 0 Å². The van der Waals surface area contributed by atoms with Crippen molar-refractivity contribution in [3.8, 4) is 0 Å². The molecule has 1 aromatic carbocycles. The molecule has 0 amide bonds. The quantitative estimate of drug-likeness (QED) is 0.943. The van der Waals surface area contributed by atoms with Crippen molar-refractivity contribution < 1.29 is 4.74 Å².